The number of benzene rings is 2. The van der Waals surface area contributed by atoms with Gasteiger partial charge in [0, 0.05) is 22.5 Å². The lowest BCUT2D eigenvalue weighted by molar-refractivity contribution is 0.0706. The summed E-state index contributed by atoms with van der Waals surface area (Å²) in [6, 6.07) is 15.1. The summed E-state index contributed by atoms with van der Waals surface area (Å²) in [6.07, 6.45) is 0. The Kier molecular flexibility index (Phi) is 5.85. The van der Waals surface area contributed by atoms with Crippen molar-refractivity contribution in [2.75, 3.05) is 13.2 Å². The topological polar surface area (TPSA) is 40.5 Å². The van der Waals surface area contributed by atoms with Gasteiger partial charge in [-0.15, -0.1) is 12.6 Å². The van der Waals surface area contributed by atoms with E-state index in [9.17, 15) is 9.90 Å². The van der Waals surface area contributed by atoms with Gasteiger partial charge in [-0.3, -0.25) is 4.79 Å². The molecule has 0 fully saturated rings. The molecule has 0 unspecified atom stereocenters. The monoisotopic (exact) mass is 365 g/mol. The lowest BCUT2D eigenvalue weighted by Crippen LogP contribution is -2.33. The van der Waals surface area contributed by atoms with Crippen LogP contribution in [0.4, 0.5) is 0 Å². The Morgan fingerprint density at radius 3 is 2.57 bits per heavy atom. The first-order valence-corrected chi connectivity index (χ1v) is 7.78. The Morgan fingerprint density at radius 2 is 1.90 bits per heavy atom. The molecule has 5 heteroatoms. The fourth-order valence-corrected chi connectivity index (χ4v) is 2.64. The highest BCUT2D eigenvalue weighted by molar-refractivity contribution is 9.10. The van der Waals surface area contributed by atoms with E-state index in [4.69, 9.17) is 0 Å². The van der Waals surface area contributed by atoms with Crippen molar-refractivity contribution in [1.29, 1.82) is 0 Å². The van der Waals surface area contributed by atoms with E-state index in [0.717, 1.165) is 14.9 Å². The molecule has 21 heavy (non-hydrogen) atoms. The van der Waals surface area contributed by atoms with Crippen molar-refractivity contribution in [2.45, 2.75) is 11.4 Å². The number of aliphatic hydroxyl groups excluding tert-OH is 1. The summed E-state index contributed by atoms with van der Waals surface area (Å²) < 4.78 is 0.723. The van der Waals surface area contributed by atoms with E-state index in [1.807, 2.05) is 36.4 Å². The summed E-state index contributed by atoms with van der Waals surface area (Å²) in [5, 5.41) is 9.21. The fraction of sp³-hybridized carbons (Fsp3) is 0.188. The maximum atomic E-state index is 12.7. The number of rotatable bonds is 5. The molecule has 0 aliphatic carbocycles. The van der Waals surface area contributed by atoms with E-state index in [1.54, 1.807) is 17.0 Å². The molecule has 0 aliphatic rings. The van der Waals surface area contributed by atoms with Crippen LogP contribution in [-0.4, -0.2) is 29.1 Å². The first kappa shape index (κ1) is 16.1. The van der Waals surface area contributed by atoms with E-state index in [0.29, 0.717) is 12.1 Å². The minimum absolute atomic E-state index is 0.0727. The molecule has 0 aliphatic heterocycles. The van der Waals surface area contributed by atoms with Gasteiger partial charge in [0.25, 0.3) is 5.91 Å². The van der Waals surface area contributed by atoms with Gasteiger partial charge in [-0.05, 0) is 39.7 Å². The third-order valence-electron chi connectivity index (χ3n) is 3.05. The van der Waals surface area contributed by atoms with Crippen molar-refractivity contribution < 1.29 is 9.90 Å². The molecular formula is C16H16BrNO2S. The molecule has 0 saturated carbocycles. The Balaban J connectivity index is 2.25. The van der Waals surface area contributed by atoms with E-state index in [2.05, 4.69) is 28.6 Å². The molecule has 0 radical (unpaired) electrons. The lowest BCUT2D eigenvalue weighted by atomic mass is 10.1. The van der Waals surface area contributed by atoms with Crippen molar-refractivity contribution in [2.24, 2.45) is 0 Å². The van der Waals surface area contributed by atoms with E-state index >= 15 is 0 Å². The second kappa shape index (κ2) is 7.64. The van der Waals surface area contributed by atoms with Crippen LogP contribution in [-0.2, 0) is 6.54 Å². The van der Waals surface area contributed by atoms with Gasteiger partial charge in [-0.25, -0.2) is 0 Å². The zero-order valence-electron chi connectivity index (χ0n) is 11.4. The van der Waals surface area contributed by atoms with Gasteiger partial charge in [0.1, 0.15) is 0 Å². The number of hydrogen-bond acceptors (Lipinski definition) is 3. The van der Waals surface area contributed by atoms with Crippen molar-refractivity contribution in [3.05, 3.63) is 64.1 Å². The normalized spacial score (nSPS) is 10.4. The van der Waals surface area contributed by atoms with Gasteiger partial charge in [-0.2, -0.15) is 0 Å². The number of carbonyl (C=O) groups is 1. The average Bonchev–Trinajstić information content (AvgIpc) is 2.49. The predicted molar refractivity (Wildman–Crippen MR) is 89.7 cm³/mol. The molecule has 2 rings (SSSR count). The number of carbonyl (C=O) groups excluding carboxylic acids is 1. The van der Waals surface area contributed by atoms with Crippen LogP contribution in [0.15, 0.2) is 57.9 Å². The summed E-state index contributed by atoms with van der Waals surface area (Å²) in [5.74, 6) is -0.129. The molecule has 110 valence electrons. The summed E-state index contributed by atoms with van der Waals surface area (Å²) >= 11 is 7.67. The molecule has 3 nitrogen and oxygen atoms in total. The Morgan fingerprint density at radius 1 is 1.19 bits per heavy atom. The van der Waals surface area contributed by atoms with Gasteiger partial charge >= 0.3 is 0 Å². The molecule has 2 aromatic rings. The maximum absolute atomic E-state index is 12.7. The fourth-order valence-electron chi connectivity index (χ4n) is 2.02. The summed E-state index contributed by atoms with van der Waals surface area (Å²) in [6.45, 7) is 0.678. The first-order chi connectivity index (χ1) is 10.1. The van der Waals surface area contributed by atoms with Gasteiger partial charge in [-0.1, -0.05) is 30.3 Å². The second-order valence-corrected chi connectivity index (χ2v) is 5.97. The van der Waals surface area contributed by atoms with E-state index < -0.39 is 0 Å². The molecule has 0 atom stereocenters. The highest BCUT2D eigenvalue weighted by atomic mass is 79.9. The third kappa shape index (κ3) is 4.33. The number of halogens is 1. The van der Waals surface area contributed by atoms with Crippen LogP contribution < -0.4 is 0 Å². The summed E-state index contributed by atoms with van der Waals surface area (Å²) in [7, 11) is 0. The highest BCUT2D eigenvalue weighted by Gasteiger charge is 2.18. The van der Waals surface area contributed by atoms with Gasteiger partial charge in [0.05, 0.1) is 12.2 Å². The maximum Gasteiger partial charge on any atom is 0.255 e. The predicted octanol–water partition coefficient (Wildman–Crippen LogP) is 3.37. The minimum atomic E-state index is -0.129. The molecule has 1 N–H and O–H groups in total. The molecule has 2 aromatic carbocycles. The molecule has 0 spiro atoms. The molecule has 0 saturated heterocycles. The van der Waals surface area contributed by atoms with Crippen LogP contribution in [0, 0.1) is 0 Å². The van der Waals surface area contributed by atoms with Crippen LogP contribution in [0.3, 0.4) is 0 Å². The van der Waals surface area contributed by atoms with Crippen LogP contribution in [0.1, 0.15) is 15.9 Å². The highest BCUT2D eigenvalue weighted by Crippen LogP contribution is 2.22. The Bertz CT molecular complexity index is 619. The van der Waals surface area contributed by atoms with Crippen LogP contribution in [0.5, 0.6) is 0 Å². The van der Waals surface area contributed by atoms with E-state index in [-0.39, 0.29) is 19.1 Å². The Hall–Kier alpha value is -1.30. The van der Waals surface area contributed by atoms with Crippen molar-refractivity contribution in [1.82, 2.24) is 4.90 Å². The summed E-state index contributed by atoms with van der Waals surface area (Å²) in [4.78, 5) is 15.0. The molecule has 0 aromatic heterocycles. The van der Waals surface area contributed by atoms with Crippen LogP contribution in [0.25, 0.3) is 0 Å². The third-order valence-corrected chi connectivity index (χ3v) is 4.02. The van der Waals surface area contributed by atoms with Crippen molar-refractivity contribution in [3.63, 3.8) is 0 Å². The van der Waals surface area contributed by atoms with Gasteiger partial charge < -0.3 is 10.0 Å². The largest absolute Gasteiger partial charge is 0.395 e. The number of thiol groups is 1. The van der Waals surface area contributed by atoms with Crippen molar-refractivity contribution >= 4 is 34.5 Å². The van der Waals surface area contributed by atoms with E-state index in [1.165, 1.54) is 0 Å². The molecule has 1 amide bonds. The second-order valence-electron chi connectivity index (χ2n) is 4.60. The quantitative estimate of drug-likeness (QED) is 0.797. The number of hydrogen-bond donors (Lipinski definition) is 2. The number of aliphatic hydroxyl groups is 1. The smallest absolute Gasteiger partial charge is 0.255 e. The zero-order valence-corrected chi connectivity index (χ0v) is 13.8. The first-order valence-electron chi connectivity index (χ1n) is 6.54. The SMILES string of the molecule is O=C(c1cc(S)ccc1Br)N(CCO)Cc1ccccc1. The number of nitrogens with zero attached hydrogens (tertiary/aromatic N) is 1. The molecular weight excluding hydrogens is 350 g/mol. The van der Waals surface area contributed by atoms with Crippen LogP contribution >= 0.6 is 28.6 Å². The Labute approximate surface area is 138 Å². The van der Waals surface area contributed by atoms with Gasteiger partial charge in [0.15, 0.2) is 0 Å². The van der Waals surface area contributed by atoms with Gasteiger partial charge in [0.2, 0.25) is 0 Å². The zero-order chi connectivity index (χ0) is 15.2. The van der Waals surface area contributed by atoms with Crippen molar-refractivity contribution in [3.8, 4) is 0 Å². The van der Waals surface area contributed by atoms with Crippen LogP contribution in [0.2, 0.25) is 0 Å². The number of amides is 1. The lowest BCUT2D eigenvalue weighted by Gasteiger charge is -2.22. The average molecular weight is 366 g/mol. The minimum Gasteiger partial charge on any atom is -0.395 e. The molecule has 0 heterocycles. The standard InChI is InChI=1S/C16H16BrNO2S/c17-15-7-6-13(21)10-14(15)16(20)18(8-9-19)11-12-4-2-1-3-5-12/h1-7,10,19,21H,8-9,11H2. The molecule has 0 bridgehead atoms. The summed E-state index contributed by atoms with van der Waals surface area (Å²) in [5.41, 5.74) is 1.57.